The highest BCUT2D eigenvalue weighted by Crippen LogP contribution is 2.41. The highest BCUT2D eigenvalue weighted by Gasteiger charge is 2.22. The van der Waals surface area contributed by atoms with E-state index in [9.17, 15) is 21.9 Å². The Hall–Kier alpha value is -3.80. The summed E-state index contributed by atoms with van der Waals surface area (Å²) >= 11 is 0. The normalized spacial score (nSPS) is 12.4. The third kappa shape index (κ3) is 4.23. The first-order valence-electron chi connectivity index (χ1n) is 9.82. The van der Waals surface area contributed by atoms with Gasteiger partial charge in [-0.2, -0.15) is 8.42 Å². The van der Waals surface area contributed by atoms with Gasteiger partial charge in [-0.3, -0.25) is 4.18 Å². The predicted molar refractivity (Wildman–Crippen MR) is 127 cm³/mol. The molecule has 0 fully saturated rings. The summed E-state index contributed by atoms with van der Waals surface area (Å²) in [6.07, 6.45) is 0. The van der Waals surface area contributed by atoms with Crippen LogP contribution in [0.1, 0.15) is 0 Å². The Balaban J connectivity index is 1.86. The molecule has 0 atom stereocenters. The van der Waals surface area contributed by atoms with Gasteiger partial charge in [-0.1, -0.05) is 36.4 Å². The van der Waals surface area contributed by atoms with Gasteiger partial charge in [0.1, 0.15) is 17.1 Å². The van der Waals surface area contributed by atoms with E-state index in [1.165, 1.54) is 42.5 Å². The molecule has 9 nitrogen and oxygen atoms in total. The number of benzene rings is 4. The van der Waals surface area contributed by atoms with Crippen molar-refractivity contribution < 1.29 is 26.1 Å². The van der Waals surface area contributed by atoms with Crippen LogP contribution in [0.5, 0.6) is 5.75 Å². The zero-order valence-corrected chi connectivity index (χ0v) is 19.4. The van der Waals surface area contributed by atoms with Crippen molar-refractivity contribution in [1.82, 2.24) is 0 Å². The number of rotatable bonds is 6. The molecule has 174 valence electrons. The topological polar surface area (TPSA) is 148 Å². The first-order valence-corrected chi connectivity index (χ1v) is 12.7. The Morgan fingerprint density at radius 3 is 2.21 bits per heavy atom. The summed E-state index contributed by atoms with van der Waals surface area (Å²) in [4.78, 5) is -0.194. The van der Waals surface area contributed by atoms with Crippen LogP contribution in [0.4, 0.5) is 17.1 Å². The maximum atomic E-state index is 13.1. The van der Waals surface area contributed by atoms with Crippen molar-refractivity contribution in [2.75, 3.05) is 12.8 Å². The first-order chi connectivity index (χ1) is 16.1. The van der Waals surface area contributed by atoms with E-state index in [0.29, 0.717) is 5.39 Å². The number of hydrogen-bond acceptors (Lipinski definition) is 9. The number of hydrogen-bond donors (Lipinski definition) is 2. The molecule has 0 heterocycles. The maximum Gasteiger partial charge on any atom is 0.296 e. The summed E-state index contributed by atoms with van der Waals surface area (Å²) in [6, 6.07) is 19.3. The van der Waals surface area contributed by atoms with Gasteiger partial charge < -0.3 is 10.8 Å². The van der Waals surface area contributed by atoms with Crippen LogP contribution in [0.15, 0.2) is 104 Å². The lowest BCUT2D eigenvalue weighted by molar-refractivity contribution is 0.397. The molecule has 0 saturated carbocycles. The van der Waals surface area contributed by atoms with Crippen LogP contribution < -0.4 is 5.73 Å². The van der Waals surface area contributed by atoms with E-state index in [4.69, 9.17) is 5.73 Å². The molecule has 0 unspecified atom stereocenters. The zero-order chi connectivity index (χ0) is 24.5. The van der Waals surface area contributed by atoms with E-state index >= 15 is 0 Å². The molecule has 0 aromatic heterocycles. The van der Waals surface area contributed by atoms with Gasteiger partial charge in [0.2, 0.25) is 9.84 Å². The number of aromatic hydroxyl groups is 1. The number of azo groups is 1. The van der Waals surface area contributed by atoms with Crippen molar-refractivity contribution in [1.29, 1.82) is 0 Å². The minimum Gasteiger partial charge on any atom is -0.507 e. The van der Waals surface area contributed by atoms with E-state index in [1.54, 1.807) is 30.3 Å². The highest BCUT2D eigenvalue weighted by atomic mass is 32.2. The fourth-order valence-electron chi connectivity index (χ4n) is 3.36. The number of anilines is 1. The summed E-state index contributed by atoms with van der Waals surface area (Å²) in [5, 5.41) is 19.3. The molecule has 0 aliphatic carbocycles. The smallest absolute Gasteiger partial charge is 0.296 e. The molecular weight excluding hydrogens is 478 g/mol. The van der Waals surface area contributed by atoms with Gasteiger partial charge in [0.25, 0.3) is 10.1 Å². The van der Waals surface area contributed by atoms with Crippen LogP contribution in [0.3, 0.4) is 0 Å². The maximum absolute atomic E-state index is 13.1. The fraction of sp³-hybridized carbons (Fsp3) is 0.0435. The molecule has 0 spiro atoms. The first kappa shape index (κ1) is 23.4. The van der Waals surface area contributed by atoms with Gasteiger partial charge in [-0.05, 0) is 41.8 Å². The molecule has 4 rings (SSSR count). The molecule has 0 aliphatic heterocycles. The van der Waals surface area contributed by atoms with Crippen LogP contribution in [-0.4, -0.2) is 29.1 Å². The van der Waals surface area contributed by atoms with Crippen LogP contribution >= 0.6 is 0 Å². The van der Waals surface area contributed by atoms with Gasteiger partial charge in [0.05, 0.1) is 32.9 Å². The second-order valence-corrected chi connectivity index (χ2v) is 10.8. The Labute approximate surface area is 196 Å². The molecule has 3 N–H and O–H groups in total. The SMILES string of the molecule is COS(=O)(=O)c1cc(O)c2c(N=Nc3ccccc3S(=O)(=O)c3ccccc3)c(N)ccc2c1. The fourth-order valence-corrected chi connectivity index (χ4v) is 5.49. The molecular formula is C23H19N3O6S2. The number of nitrogen functional groups attached to an aromatic ring is 1. The molecule has 0 amide bonds. The number of sulfone groups is 1. The molecule has 4 aromatic carbocycles. The lowest BCUT2D eigenvalue weighted by atomic mass is 10.1. The summed E-state index contributed by atoms with van der Waals surface area (Å²) < 4.78 is 54.9. The molecule has 11 heteroatoms. The van der Waals surface area contributed by atoms with Gasteiger partial charge in [0.15, 0.2) is 0 Å². The highest BCUT2D eigenvalue weighted by molar-refractivity contribution is 7.91. The summed E-state index contributed by atoms with van der Waals surface area (Å²) in [5.74, 6) is -0.403. The number of fused-ring (bicyclic) bond motifs is 1. The minimum absolute atomic E-state index is 0.0542. The largest absolute Gasteiger partial charge is 0.507 e. The van der Waals surface area contributed by atoms with Crippen molar-refractivity contribution in [2.24, 2.45) is 10.2 Å². The molecule has 0 radical (unpaired) electrons. The molecule has 4 aromatic rings. The number of phenols is 1. The minimum atomic E-state index is -4.05. The predicted octanol–water partition coefficient (Wildman–Crippen LogP) is 4.71. The third-order valence-electron chi connectivity index (χ3n) is 5.05. The molecule has 0 bridgehead atoms. The van der Waals surface area contributed by atoms with Crippen LogP contribution in [-0.2, 0) is 24.1 Å². The number of nitrogens with two attached hydrogens (primary N) is 1. The van der Waals surface area contributed by atoms with Crippen LogP contribution in [0.25, 0.3) is 10.8 Å². The van der Waals surface area contributed by atoms with Crippen molar-refractivity contribution >= 4 is 47.8 Å². The lowest BCUT2D eigenvalue weighted by Crippen LogP contribution is -2.02. The quantitative estimate of drug-likeness (QED) is 0.222. The molecule has 0 saturated heterocycles. The van der Waals surface area contributed by atoms with E-state index in [-0.39, 0.29) is 37.1 Å². The Morgan fingerprint density at radius 2 is 1.50 bits per heavy atom. The van der Waals surface area contributed by atoms with E-state index in [2.05, 4.69) is 14.4 Å². The van der Waals surface area contributed by atoms with Gasteiger partial charge in [-0.25, -0.2) is 8.42 Å². The standard InChI is InChI=1S/C23H19N3O6S2/c1-32-34(30,31)17-13-15-11-12-18(24)23(22(15)20(27)14-17)26-25-19-9-5-6-10-21(19)33(28,29)16-7-3-2-4-8-16/h2-14,27H,24H2,1H3. The monoisotopic (exact) mass is 497 g/mol. The van der Waals surface area contributed by atoms with Gasteiger partial charge in [0, 0.05) is 6.07 Å². The third-order valence-corrected chi connectivity index (χ3v) is 8.12. The summed E-state index contributed by atoms with van der Waals surface area (Å²) in [5.41, 5.74) is 6.34. The van der Waals surface area contributed by atoms with Gasteiger partial charge >= 0.3 is 0 Å². The Kier molecular flexibility index (Phi) is 6.09. The summed E-state index contributed by atoms with van der Waals surface area (Å²) in [7, 11) is -6.91. The van der Waals surface area contributed by atoms with E-state index < -0.39 is 25.7 Å². The van der Waals surface area contributed by atoms with Crippen LogP contribution in [0.2, 0.25) is 0 Å². The van der Waals surface area contributed by atoms with Crippen molar-refractivity contribution in [3.63, 3.8) is 0 Å². The molecule has 34 heavy (non-hydrogen) atoms. The average molecular weight is 498 g/mol. The Morgan fingerprint density at radius 1 is 0.824 bits per heavy atom. The van der Waals surface area contributed by atoms with Crippen molar-refractivity contribution in [2.45, 2.75) is 14.7 Å². The van der Waals surface area contributed by atoms with Crippen molar-refractivity contribution in [3.05, 3.63) is 78.9 Å². The van der Waals surface area contributed by atoms with E-state index in [1.807, 2.05) is 0 Å². The molecule has 0 aliphatic rings. The zero-order valence-electron chi connectivity index (χ0n) is 17.8. The van der Waals surface area contributed by atoms with Gasteiger partial charge in [-0.15, -0.1) is 10.2 Å². The van der Waals surface area contributed by atoms with E-state index in [0.717, 1.165) is 13.2 Å². The second kappa shape index (κ2) is 8.86. The average Bonchev–Trinajstić information content (AvgIpc) is 2.84. The summed E-state index contributed by atoms with van der Waals surface area (Å²) in [6.45, 7) is 0. The lowest BCUT2D eigenvalue weighted by Gasteiger charge is -2.10. The van der Waals surface area contributed by atoms with Crippen molar-refractivity contribution in [3.8, 4) is 5.75 Å². The Bertz CT molecular complexity index is 1630. The number of phenolic OH excluding ortho intramolecular Hbond substituents is 1. The number of nitrogens with zero attached hydrogens (tertiary/aromatic N) is 2. The second-order valence-electron chi connectivity index (χ2n) is 7.15. The van der Waals surface area contributed by atoms with Crippen LogP contribution in [0, 0.1) is 0 Å².